The Hall–Kier alpha value is -1.42. The molecule has 1 aromatic heterocycles. The Morgan fingerprint density at radius 1 is 1.35 bits per heavy atom. The molecule has 0 radical (unpaired) electrons. The highest BCUT2D eigenvalue weighted by atomic mass is 16.6. The molecule has 3 heterocycles. The number of nitrogens with zero attached hydrogens (tertiary/aromatic N) is 1. The Morgan fingerprint density at radius 2 is 2.06 bits per heavy atom. The standard InChI is InChI=1S/C13H16N2O2/c1-8-7-10-11(15-9(8)2)12(16)17-13(10)3-5-14-6-4-13/h7,14H,3-6H2,1-2H3. The first-order valence-corrected chi connectivity index (χ1v) is 6.05. The summed E-state index contributed by atoms with van der Waals surface area (Å²) in [4.78, 5) is 16.3. The Bertz CT molecular complexity index is 490. The van der Waals surface area contributed by atoms with Gasteiger partial charge in [0.25, 0.3) is 0 Å². The van der Waals surface area contributed by atoms with Crippen LogP contribution >= 0.6 is 0 Å². The first kappa shape index (κ1) is 10.7. The molecule has 0 amide bonds. The van der Waals surface area contributed by atoms with Gasteiger partial charge in [0.1, 0.15) is 5.60 Å². The minimum atomic E-state index is -0.414. The van der Waals surface area contributed by atoms with Crippen LogP contribution in [0.1, 0.15) is 40.2 Å². The minimum absolute atomic E-state index is 0.259. The smallest absolute Gasteiger partial charge is 0.358 e. The molecule has 1 spiro atoms. The van der Waals surface area contributed by atoms with Crippen LogP contribution in [0.3, 0.4) is 0 Å². The third-order valence-electron chi connectivity index (χ3n) is 3.85. The van der Waals surface area contributed by atoms with Gasteiger partial charge in [-0.3, -0.25) is 0 Å². The number of nitrogens with one attached hydrogen (secondary N) is 1. The Labute approximate surface area is 100 Å². The summed E-state index contributed by atoms with van der Waals surface area (Å²) in [6, 6.07) is 2.08. The van der Waals surface area contributed by atoms with E-state index in [-0.39, 0.29) is 5.97 Å². The number of rotatable bonds is 0. The molecule has 1 fully saturated rings. The molecule has 4 nitrogen and oxygen atoms in total. The van der Waals surface area contributed by atoms with Crippen molar-refractivity contribution in [2.75, 3.05) is 13.1 Å². The lowest BCUT2D eigenvalue weighted by Gasteiger charge is -2.33. The second kappa shape index (κ2) is 3.53. The summed E-state index contributed by atoms with van der Waals surface area (Å²) in [5.41, 5.74) is 3.14. The SMILES string of the molecule is Cc1cc2c(nc1C)C(=O)OC21CCNCC1. The molecule has 0 aromatic carbocycles. The Kier molecular flexibility index (Phi) is 2.23. The molecule has 0 unspecified atom stereocenters. The number of ether oxygens (including phenoxy) is 1. The quantitative estimate of drug-likeness (QED) is 0.688. The van der Waals surface area contributed by atoms with Gasteiger partial charge in [0.2, 0.25) is 0 Å². The molecule has 2 aliphatic heterocycles. The number of aromatic nitrogens is 1. The molecular formula is C13H16N2O2. The van der Waals surface area contributed by atoms with Crippen molar-refractivity contribution >= 4 is 5.97 Å². The molecule has 90 valence electrons. The maximum absolute atomic E-state index is 11.9. The average Bonchev–Trinajstić information content (AvgIpc) is 2.55. The Balaban J connectivity index is 2.15. The van der Waals surface area contributed by atoms with Gasteiger partial charge in [-0.2, -0.15) is 0 Å². The largest absolute Gasteiger partial charge is 0.449 e. The number of carbonyl (C=O) groups is 1. The number of carbonyl (C=O) groups excluding carboxylic acids is 1. The van der Waals surface area contributed by atoms with E-state index in [1.54, 1.807) is 0 Å². The summed E-state index contributed by atoms with van der Waals surface area (Å²) in [6.45, 7) is 5.73. The molecule has 1 N–H and O–H groups in total. The zero-order valence-corrected chi connectivity index (χ0v) is 10.2. The van der Waals surface area contributed by atoms with Gasteiger partial charge in [0.15, 0.2) is 5.69 Å². The molecule has 2 aliphatic rings. The van der Waals surface area contributed by atoms with Gasteiger partial charge >= 0.3 is 5.97 Å². The predicted molar refractivity (Wildman–Crippen MR) is 62.9 cm³/mol. The van der Waals surface area contributed by atoms with Gasteiger partial charge in [-0.05, 0) is 38.6 Å². The lowest BCUT2D eigenvalue weighted by Crippen LogP contribution is -2.40. The number of esters is 1. The van der Waals surface area contributed by atoms with Crippen molar-refractivity contribution in [2.24, 2.45) is 0 Å². The molecule has 0 atom stereocenters. The van der Waals surface area contributed by atoms with Crippen molar-refractivity contribution in [3.8, 4) is 0 Å². The number of hydrogen-bond acceptors (Lipinski definition) is 4. The van der Waals surface area contributed by atoms with E-state index >= 15 is 0 Å². The highest BCUT2D eigenvalue weighted by molar-refractivity contribution is 5.92. The van der Waals surface area contributed by atoms with Crippen molar-refractivity contribution in [3.05, 3.63) is 28.6 Å². The van der Waals surface area contributed by atoms with Crippen molar-refractivity contribution in [2.45, 2.75) is 32.3 Å². The monoisotopic (exact) mass is 232 g/mol. The van der Waals surface area contributed by atoms with Crippen molar-refractivity contribution in [1.82, 2.24) is 10.3 Å². The number of pyridine rings is 1. The second-order valence-corrected chi connectivity index (χ2v) is 4.92. The number of piperidine rings is 1. The maximum atomic E-state index is 11.9. The van der Waals surface area contributed by atoms with E-state index in [0.29, 0.717) is 5.69 Å². The molecule has 1 aromatic rings. The molecule has 0 saturated carbocycles. The molecule has 4 heteroatoms. The van der Waals surface area contributed by atoms with Crippen molar-refractivity contribution in [1.29, 1.82) is 0 Å². The summed E-state index contributed by atoms with van der Waals surface area (Å²) in [7, 11) is 0. The fourth-order valence-electron chi connectivity index (χ4n) is 2.69. The maximum Gasteiger partial charge on any atom is 0.358 e. The van der Waals surface area contributed by atoms with E-state index in [0.717, 1.165) is 42.8 Å². The Morgan fingerprint density at radius 3 is 2.76 bits per heavy atom. The van der Waals surface area contributed by atoms with Gasteiger partial charge < -0.3 is 10.1 Å². The molecular weight excluding hydrogens is 216 g/mol. The molecule has 1 saturated heterocycles. The summed E-state index contributed by atoms with van der Waals surface area (Å²) in [5, 5.41) is 3.30. The number of fused-ring (bicyclic) bond motifs is 2. The van der Waals surface area contributed by atoms with E-state index in [1.807, 2.05) is 13.8 Å². The molecule has 17 heavy (non-hydrogen) atoms. The van der Waals surface area contributed by atoms with Gasteiger partial charge in [0.05, 0.1) is 0 Å². The molecule has 0 aliphatic carbocycles. The zero-order chi connectivity index (χ0) is 12.0. The van der Waals surface area contributed by atoms with Crippen molar-refractivity contribution < 1.29 is 9.53 Å². The topological polar surface area (TPSA) is 51.2 Å². The van der Waals surface area contributed by atoms with Crippen LogP contribution in [-0.4, -0.2) is 24.0 Å². The third-order valence-corrected chi connectivity index (χ3v) is 3.85. The van der Waals surface area contributed by atoms with Gasteiger partial charge in [-0.1, -0.05) is 0 Å². The lowest BCUT2D eigenvalue weighted by molar-refractivity contribution is -0.0243. The van der Waals surface area contributed by atoms with Crippen LogP contribution in [0, 0.1) is 13.8 Å². The minimum Gasteiger partial charge on any atom is -0.449 e. The first-order valence-electron chi connectivity index (χ1n) is 6.05. The van der Waals surface area contributed by atoms with Gasteiger partial charge in [-0.25, -0.2) is 9.78 Å². The normalized spacial score (nSPS) is 21.4. The number of hydrogen-bond donors (Lipinski definition) is 1. The van der Waals surface area contributed by atoms with Crippen LogP contribution in [0.4, 0.5) is 0 Å². The lowest BCUT2D eigenvalue weighted by atomic mass is 9.85. The van der Waals surface area contributed by atoms with Gasteiger partial charge in [-0.15, -0.1) is 0 Å². The summed E-state index contributed by atoms with van der Waals surface area (Å²) in [6.07, 6.45) is 1.69. The second-order valence-electron chi connectivity index (χ2n) is 4.92. The summed E-state index contributed by atoms with van der Waals surface area (Å²) < 4.78 is 5.63. The molecule has 0 bridgehead atoms. The summed E-state index contributed by atoms with van der Waals surface area (Å²) >= 11 is 0. The van der Waals surface area contributed by atoms with Crippen LogP contribution in [-0.2, 0) is 10.3 Å². The van der Waals surface area contributed by atoms with Crippen LogP contribution in [0.5, 0.6) is 0 Å². The highest BCUT2D eigenvalue weighted by Crippen LogP contribution is 2.42. The van der Waals surface area contributed by atoms with E-state index in [2.05, 4.69) is 16.4 Å². The number of aryl methyl sites for hydroxylation is 2. The third kappa shape index (κ3) is 1.47. The zero-order valence-electron chi connectivity index (χ0n) is 10.2. The predicted octanol–water partition coefficient (Wildman–Crippen LogP) is 1.45. The average molecular weight is 232 g/mol. The van der Waals surface area contributed by atoms with Gasteiger partial charge in [0, 0.05) is 24.1 Å². The fraction of sp³-hybridized carbons (Fsp3) is 0.538. The first-order chi connectivity index (χ1) is 8.12. The van der Waals surface area contributed by atoms with Crippen LogP contribution in [0.25, 0.3) is 0 Å². The fourth-order valence-corrected chi connectivity index (χ4v) is 2.69. The molecule has 3 rings (SSSR count). The van der Waals surface area contributed by atoms with Crippen molar-refractivity contribution in [3.63, 3.8) is 0 Å². The van der Waals surface area contributed by atoms with E-state index in [1.165, 1.54) is 0 Å². The van der Waals surface area contributed by atoms with E-state index in [4.69, 9.17) is 4.74 Å². The summed E-state index contributed by atoms with van der Waals surface area (Å²) in [5.74, 6) is -0.259. The van der Waals surface area contributed by atoms with E-state index < -0.39 is 5.60 Å². The highest BCUT2D eigenvalue weighted by Gasteiger charge is 2.47. The van der Waals surface area contributed by atoms with Crippen LogP contribution in [0.15, 0.2) is 6.07 Å². The van der Waals surface area contributed by atoms with Crippen LogP contribution in [0.2, 0.25) is 0 Å². The van der Waals surface area contributed by atoms with Crippen LogP contribution < -0.4 is 5.32 Å². The van der Waals surface area contributed by atoms with E-state index in [9.17, 15) is 4.79 Å².